The molecule has 0 saturated carbocycles. The van der Waals surface area contributed by atoms with Crippen molar-refractivity contribution < 1.29 is 19.1 Å². The van der Waals surface area contributed by atoms with E-state index >= 15 is 0 Å². The van der Waals surface area contributed by atoms with E-state index in [0.717, 1.165) is 6.42 Å². The summed E-state index contributed by atoms with van der Waals surface area (Å²) in [7, 11) is 2.98. The molecular formula is C15H20O4. The van der Waals surface area contributed by atoms with Gasteiger partial charge in [0, 0.05) is 5.92 Å². The molecule has 0 bridgehead atoms. The predicted molar refractivity (Wildman–Crippen MR) is 73.0 cm³/mol. The molecule has 19 heavy (non-hydrogen) atoms. The first kappa shape index (κ1) is 15.2. The fraction of sp³-hybridized carbons (Fsp3) is 0.467. The van der Waals surface area contributed by atoms with E-state index in [4.69, 9.17) is 9.47 Å². The number of carbonyl (C=O) groups is 2. The number of ketones is 2. The second-order valence-electron chi connectivity index (χ2n) is 4.41. The number of hydrogen-bond acceptors (Lipinski definition) is 4. The molecule has 4 heteroatoms. The standard InChI is InChI=1S/C15H20O4/c1-5-10(2)11(16)9-12(17)15-13(18-3)7-6-8-14(15)19-4/h6-8,10H,5,9H2,1-4H3. The van der Waals surface area contributed by atoms with Crippen molar-refractivity contribution in [3.8, 4) is 11.5 Å². The molecule has 104 valence electrons. The molecule has 1 unspecified atom stereocenters. The van der Waals surface area contributed by atoms with Crippen molar-refractivity contribution in [3.63, 3.8) is 0 Å². The first-order valence-electron chi connectivity index (χ1n) is 6.32. The maximum absolute atomic E-state index is 12.3. The highest BCUT2D eigenvalue weighted by Gasteiger charge is 2.22. The van der Waals surface area contributed by atoms with Gasteiger partial charge in [-0.15, -0.1) is 0 Å². The van der Waals surface area contributed by atoms with Gasteiger partial charge in [-0.1, -0.05) is 19.9 Å². The lowest BCUT2D eigenvalue weighted by atomic mass is 9.96. The Labute approximate surface area is 113 Å². The van der Waals surface area contributed by atoms with Crippen LogP contribution in [0, 0.1) is 5.92 Å². The number of Topliss-reactive ketones (excluding diaryl/α,β-unsaturated/α-hetero) is 2. The molecule has 1 aromatic rings. The van der Waals surface area contributed by atoms with Crippen LogP contribution in [0.25, 0.3) is 0 Å². The maximum atomic E-state index is 12.3. The van der Waals surface area contributed by atoms with E-state index in [0.29, 0.717) is 17.1 Å². The van der Waals surface area contributed by atoms with Crippen molar-refractivity contribution in [2.75, 3.05) is 14.2 Å². The Morgan fingerprint density at radius 2 is 1.68 bits per heavy atom. The van der Waals surface area contributed by atoms with Gasteiger partial charge in [0.1, 0.15) is 22.8 Å². The maximum Gasteiger partial charge on any atom is 0.177 e. The van der Waals surface area contributed by atoms with Gasteiger partial charge in [0.2, 0.25) is 0 Å². The van der Waals surface area contributed by atoms with Crippen molar-refractivity contribution in [1.29, 1.82) is 0 Å². The van der Waals surface area contributed by atoms with E-state index in [1.807, 2.05) is 13.8 Å². The van der Waals surface area contributed by atoms with Crippen LogP contribution in [0.1, 0.15) is 37.0 Å². The summed E-state index contributed by atoms with van der Waals surface area (Å²) in [5.41, 5.74) is 0.337. The van der Waals surface area contributed by atoms with Gasteiger partial charge in [-0.2, -0.15) is 0 Å². The number of methoxy groups -OCH3 is 2. The minimum absolute atomic E-state index is 0.0551. The molecule has 0 aromatic heterocycles. The van der Waals surface area contributed by atoms with Gasteiger partial charge in [-0.3, -0.25) is 9.59 Å². The molecule has 0 heterocycles. The SMILES string of the molecule is CCC(C)C(=O)CC(=O)c1c(OC)cccc1OC. The Hall–Kier alpha value is -1.84. The summed E-state index contributed by atoms with van der Waals surface area (Å²) in [6, 6.07) is 5.11. The Kier molecular flexibility index (Phi) is 5.55. The normalized spacial score (nSPS) is 11.8. The second kappa shape index (κ2) is 6.92. The molecule has 0 amide bonds. The number of hydrogen-bond donors (Lipinski definition) is 0. The van der Waals surface area contributed by atoms with Crippen LogP contribution < -0.4 is 9.47 Å². The van der Waals surface area contributed by atoms with E-state index in [2.05, 4.69) is 0 Å². The Bertz CT molecular complexity index is 443. The second-order valence-corrected chi connectivity index (χ2v) is 4.41. The summed E-state index contributed by atoms with van der Waals surface area (Å²) in [5, 5.41) is 0. The van der Waals surface area contributed by atoms with Gasteiger partial charge in [0.25, 0.3) is 0 Å². The molecule has 0 fully saturated rings. The summed E-state index contributed by atoms with van der Waals surface area (Å²) in [4.78, 5) is 24.1. The van der Waals surface area contributed by atoms with Crippen molar-refractivity contribution in [2.45, 2.75) is 26.7 Å². The minimum atomic E-state index is -0.264. The number of ether oxygens (including phenoxy) is 2. The fourth-order valence-corrected chi connectivity index (χ4v) is 1.77. The van der Waals surface area contributed by atoms with Crippen molar-refractivity contribution in [3.05, 3.63) is 23.8 Å². The molecule has 4 nitrogen and oxygen atoms in total. The number of rotatable bonds is 7. The van der Waals surface area contributed by atoms with Gasteiger partial charge in [0.15, 0.2) is 5.78 Å². The molecule has 0 N–H and O–H groups in total. The lowest BCUT2D eigenvalue weighted by molar-refractivity contribution is -0.121. The summed E-state index contributed by atoms with van der Waals surface area (Å²) < 4.78 is 10.3. The number of benzene rings is 1. The number of carbonyl (C=O) groups excluding carboxylic acids is 2. The summed E-state index contributed by atoms with van der Waals surface area (Å²) in [6.45, 7) is 3.76. The monoisotopic (exact) mass is 264 g/mol. The van der Waals surface area contributed by atoms with Gasteiger partial charge in [0.05, 0.1) is 20.6 Å². The lowest BCUT2D eigenvalue weighted by Gasteiger charge is -2.12. The Balaban J connectivity index is 3.02. The zero-order chi connectivity index (χ0) is 14.4. The Morgan fingerprint density at radius 1 is 1.16 bits per heavy atom. The predicted octanol–water partition coefficient (Wildman–Crippen LogP) is 2.89. The van der Waals surface area contributed by atoms with Crippen LogP contribution in [0.2, 0.25) is 0 Å². The topological polar surface area (TPSA) is 52.6 Å². The third kappa shape index (κ3) is 3.56. The van der Waals surface area contributed by atoms with Crippen LogP contribution in [0.5, 0.6) is 11.5 Å². The molecular weight excluding hydrogens is 244 g/mol. The molecule has 0 aliphatic carbocycles. The van der Waals surface area contributed by atoms with Crippen molar-refractivity contribution in [2.24, 2.45) is 5.92 Å². The van der Waals surface area contributed by atoms with E-state index in [9.17, 15) is 9.59 Å². The summed E-state index contributed by atoms with van der Waals surface area (Å²) in [6.07, 6.45) is 0.612. The molecule has 0 aliphatic rings. The van der Waals surface area contributed by atoms with Crippen LogP contribution in [0.4, 0.5) is 0 Å². The average Bonchev–Trinajstić information content (AvgIpc) is 2.44. The van der Waals surface area contributed by atoms with Crippen LogP contribution >= 0.6 is 0 Å². The first-order valence-corrected chi connectivity index (χ1v) is 6.32. The third-order valence-electron chi connectivity index (χ3n) is 3.20. The van der Waals surface area contributed by atoms with Crippen molar-refractivity contribution in [1.82, 2.24) is 0 Å². The van der Waals surface area contributed by atoms with Crippen LogP contribution in [-0.4, -0.2) is 25.8 Å². The quantitative estimate of drug-likeness (QED) is 0.561. The molecule has 1 aromatic carbocycles. The van der Waals surface area contributed by atoms with E-state index < -0.39 is 0 Å². The minimum Gasteiger partial charge on any atom is -0.496 e. The molecule has 0 radical (unpaired) electrons. The largest absolute Gasteiger partial charge is 0.496 e. The zero-order valence-electron chi connectivity index (χ0n) is 11.9. The van der Waals surface area contributed by atoms with Gasteiger partial charge in [-0.25, -0.2) is 0 Å². The van der Waals surface area contributed by atoms with Crippen molar-refractivity contribution >= 4 is 11.6 Å². The Morgan fingerprint density at radius 3 is 2.11 bits per heavy atom. The first-order chi connectivity index (χ1) is 9.04. The smallest absolute Gasteiger partial charge is 0.177 e. The average molecular weight is 264 g/mol. The summed E-state index contributed by atoms with van der Waals surface area (Å²) >= 11 is 0. The van der Waals surface area contributed by atoms with E-state index in [1.165, 1.54) is 14.2 Å². The van der Waals surface area contributed by atoms with Crippen LogP contribution in [-0.2, 0) is 4.79 Å². The van der Waals surface area contributed by atoms with Crippen LogP contribution in [0.3, 0.4) is 0 Å². The molecule has 1 atom stereocenters. The van der Waals surface area contributed by atoms with Gasteiger partial charge < -0.3 is 9.47 Å². The molecule has 0 saturated heterocycles. The van der Waals surface area contributed by atoms with E-state index in [1.54, 1.807) is 18.2 Å². The van der Waals surface area contributed by atoms with Gasteiger partial charge >= 0.3 is 0 Å². The van der Waals surface area contributed by atoms with Crippen LogP contribution in [0.15, 0.2) is 18.2 Å². The van der Waals surface area contributed by atoms with E-state index in [-0.39, 0.29) is 23.9 Å². The molecule has 0 aliphatic heterocycles. The molecule has 0 spiro atoms. The highest BCUT2D eigenvalue weighted by atomic mass is 16.5. The molecule has 1 rings (SSSR count). The highest BCUT2D eigenvalue weighted by Crippen LogP contribution is 2.29. The zero-order valence-corrected chi connectivity index (χ0v) is 11.9. The fourth-order valence-electron chi connectivity index (χ4n) is 1.77. The third-order valence-corrected chi connectivity index (χ3v) is 3.20. The van der Waals surface area contributed by atoms with Gasteiger partial charge in [-0.05, 0) is 18.6 Å². The lowest BCUT2D eigenvalue weighted by Crippen LogP contribution is -2.16. The highest BCUT2D eigenvalue weighted by molar-refractivity contribution is 6.11. The summed E-state index contributed by atoms with van der Waals surface area (Å²) in [5.74, 6) is 0.437.